The average molecular weight is 237 g/mol. The third-order valence-electron chi connectivity index (χ3n) is 2.23. The Balaban J connectivity index is 2.16. The van der Waals surface area contributed by atoms with Crippen molar-refractivity contribution in [3.8, 4) is 0 Å². The zero-order chi connectivity index (χ0) is 12.4. The highest BCUT2D eigenvalue weighted by atomic mass is 16.6. The van der Waals surface area contributed by atoms with E-state index in [2.05, 4.69) is 20.3 Å². The summed E-state index contributed by atoms with van der Waals surface area (Å²) in [6.07, 6.45) is 0. The van der Waals surface area contributed by atoms with Gasteiger partial charge in [-0.3, -0.25) is 4.79 Å². The SMILES string of the molecule is Nc1cc(NC[C@H](N)C(=O)O)cc2nonc12. The molecular formula is C9H11N5O3. The molecule has 0 fully saturated rings. The number of nitrogens with one attached hydrogen (secondary N) is 1. The van der Waals surface area contributed by atoms with Gasteiger partial charge >= 0.3 is 5.97 Å². The highest BCUT2D eigenvalue weighted by Crippen LogP contribution is 2.22. The summed E-state index contributed by atoms with van der Waals surface area (Å²) < 4.78 is 4.54. The van der Waals surface area contributed by atoms with Crippen LogP contribution in [0.1, 0.15) is 0 Å². The Morgan fingerprint density at radius 3 is 3.00 bits per heavy atom. The largest absolute Gasteiger partial charge is 0.480 e. The average Bonchev–Trinajstić information content (AvgIpc) is 2.74. The van der Waals surface area contributed by atoms with E-state index >= 15 is 0 Å². The second-order valence-corrected chi connectivity index (χ2v) is 3.52. The summed E-state index contributed by atoms with van der Waals surface area (Å²) in [6.45, 7) is 0.0888. The number of hydrogen-bond acceptors (Lipinski definition) is 7. The molecule has 0 saturated carbocycles. The van der Waals surface area contributed by atoms with E-state index in [9.17, 15) is 4.79 Å². The highest BCUT2D eigenvalue weighted by molar-refractivity contribution is 5.89. The van der Waals surface area contributed by atoms with Crippen LogP contribution in [0.2, 0.25) is 0 Å². The number of anilines is 2. The van der Waals surface area contributed by atoms with Crippen LogP contribution < -0.4 is 16.8 Å². The van der Waals surface area contributed by atoms with Gasteiger partial charge in [-0.25, -0.2) is 4.63 Å². The summed E-state index contributed by atoms with van der Waals surface area (Å²) in [5.41, 5.74) is 13.1. The molecule has 0 bridgehead atoms. The lowest BCUT2D eigenvalue weighted by Gasteiger charge is -2.09. The van der Waals surface area contributed by atoms with Gasteiger partial charge in [0.2, 0.25) is 0 Å². The number of fused-ring (bicyclic) bond motifs is 1. The standard InChI is InChI=1S/C9H11N5O3/c10-5-1-4(12-3-6(11)9(15)16)2-7-8(5)14-17-13-7/h1-2,6,12H,3,10-11H2,(H,15,16)/t6-/m0/s1. The van der Waals surface area contributed by atoms with E-state index < -0.39 is 12.0 Å². The summed E-state index contributed by atoms with van der Waals surface area (Å²) in [5, 5.41) is 18.8. The third-order valence-corrected chi connectivity index (χ3v) is 2.23. The van der Waals surface area contributed by atoms with Crippen molar-refractivity contribution in [1.82, 2.24) is 10.3 Å². The van der Waals surface area contributed by atoms with E-state index in [0.717, 1.165) is 0 Å². The Morgan fingerprint density at radius 1 is 1.53 bits per heavy atom. The van der Waals surface area contributed by atoms with E-state index in [4.69, 9.17) is 16.6 Å². The Kier molecular flexibility index (Phi) is 2.79. The molecular weight excluding hydrogens is 226 g/mol. The molecule has 1 aromatic heterocycles. The molecule has 0 saturated heterocycles. The van der Waals surface area contributed by atoms with Gasteiger partial charge in [0.1, 0.15) is 11.6 Å². The molecule has 0 amide bonds. The summed E-state index contributed by atoms with van der Waals surface area (Å²) in [5.74, 6) is -1.07. The summed E-state index contributed by atoms with van der Waals surface area (Å²) in [6, 6.07) is 2.28. The van der Waals surface area contributed by atoms with E-state index in [1.165, 1.54) is 0 Å². The minimum absolute atomic E-state index is 0.0888. The predicted molar refractivity (Wildman–Crippen MR) is 60.3 cm³/mol. The fourth-order valence-electron chi connectivity index (χ4n) is 1.33. The zero-order valence-corrected chi connectivity index (χ0v) is 8.75. The number of benzene rings is 1. The molecule has 1 atom stereocenters. The lowest BCUT2D eigenvalue weighted by atomic mass is 10.2. The number of rotatable bonds is 4. The number of carbonyl (C=O) groups is 1. The van der Waals surface area contributed by atoms with Gasteiger partial charge in [0.15, 0.2) is 5.52 Å². The van der Waals surface area contributed by atoms with Crippen molar-refractivity contribution >= 4 is 28.4 Å². The van der Waals surface area contributed by atoms with Gasteiger partial charge < -0.3 is 21.9 Å². The van der Waals surface area contributed by atoms with Crippen LogP contribution in [0, 0.1) is 0 Å². The van der Waals surface area contributed by atoms with Crippen LogP contribution in [0.25, 0.3) is 11.0 Å². The first-order valence-corrected chi connectivity index (χ1v) is 4.82. The number of nitrogen functional groups attached to an aromatic ring is 1. The first-order chi connectivity index (χ1) is 8.08. The quantitative estimate of drug-likeness (QED) is 0.528. The number of carboxylic acid groups (broad SMARTS) is 1. The maximum Gasteiger partial charge on any atom is 0.322 e. The molecule has 1 heterocycles. The summed E-state index contributed by atoms with van der Waals surface area (Å²) in [4.78, 5) is 10.5. The van der Waals surface area contributed by atoms with Crippen molar-refractivity contribution in [2.75, 3.05) is 17.6 Å². The van der Waals surface area contributed by atoms with Crippen LogP contribution in [0.15, 0.2) is 16.8 Å². The first-order valence-electron chi connectivity index (χ1n) is 4.82. The van der Waals surface area contributed by atoms with Gasteiger partial charge in [-0.2, -0.15) is 0 Å². The van der Waals surface area contributed by atoms with Gasteiger partial charge in [0.25, 0.3) is 0 Å². The fraction of sp³-hybridized carbons (Fsp3) is 0.222. The molecule has 6 N–H and O–H groups in total. The van der Waals surface area contributed by atoms with Crippen molar-refractivity contribution in [2.24, 2.45) is 5.73 Å². The van der Waals surface area contributed by atoms with Crippen LogP contribution in [-0.2, 0) is 4.79 Å². The van der Waals surface area contributed by atoms with Crippen LogP contribution in [0.3, 0.4) is 0 Å². The normalized spacial score (nSPS) is 12.5. The van der Waals surface area contributed by atoms with E-state index in [1.54, 1.807) is 12.1 Å². The Labute approximate surface area is 95.5 Å². The minimum atomic E-state index is -1.07. The Bertz CT molecular complexity index is 553. The molecule has 1 aromatic carbocycles. The smallest absolute Gasteiger partial charge is 0.322 e. The number of nitrogens with zero attached hydrogens (tertiary/aromatic N) is 2. The first kappa shape index (κ1) is 11.1. The van der Waals surface area contributed by atoms with Crippen molar-refractivity contribution in [3.05, 3.63) is 12.1 Å². The molecule has 8 nitrogen and oxygen atoms in total. The van der Waals surface area contributed by atoms with Crippen LogP contribution >= 0.6 is 0 Å². The molecule has 0 radical (unpaired) electrons. The van der Waals surface area contributed by atoms with Crippen LogP contribution in [0.4, 0.5) is 11.4 Å². The molecule has 2 rings (SSSR count). The van der Waals surface area contributed by atoms with Crippen molar-refractivity contribution in [2.45, 2.75) is 6.04 Å². The minimum Gasteiger partial charge on any atom is -0.480 e. The second-order valence-electron chi connectivity index (χ2n) is 3.52. The number of carboxylic acids is 1. The molecule has 0 aliphatic rings. The summed E-state index contributed by atoms with van der Waals surface area (Å²) in [7, 11) is 0. The number of hydrogen-bond donors (Lipinski definition) is 4. The van der Waals surface area contributed by atoms with Crippen molar-refractivity contribution in [3.63, 3.8) is 0 Å². The maximum absolute atomic E-state index is 10.5. The maximum atomic E-state index is 10.5. The number of nitrogens with two attached hydrogens (primary N) is 2. The Hall–Kier alpha value is -2.35. The number of aliphatic carboxylic acids is 1. The van der Waals surface area contributed by atoms with Crippen molar-refractivity contribution < 1.29 is 14.5 Å². The van der Waals surface area contributed by atoms with Crippen molar-refractivity contribution in [1.29, 1.82) is 0 Å². The highest BCUT2D eigenvalue weighted by Gasteiger charge is 2.12. The van der Waals surface area contributed by atoms with E-state index in [-0.39, 0.29) is 6.54 Å². The van der Waals surface area contributed by atoms with Gasteiger partial charge in [-0.1, -0.05) is 0 Å². The van der Waals surface area contributed by atoms with Crippen LogP contribution in [-0.4, -0.2) is 34.0 Å². The fourth-order valence-corrected chi connectivity index (χ4v) is 1.33. The molecule has 8 heteroatoms. The van der Waals surface area contributed by atoms with E-state index in [1.807, 2.05) is 0 Å². The monoisotopic (exact) mass is 237 g/mol. The number of aromatic nitrogens is 2. The van der Waals surface area contributed by atoms with Crippen LogP contribution in [0.5, 0.6) is 0 Å². The Morgan fingerprint density at radius 2 is 2.29 bits per heavy atom. The molecule has 0 aliphatic heterocycles. The third kappa shape index (κ3) is 2.26. The molecule has 0 spiro atoms. The summed E-state index contributed by atoms with van der Waals surface area (Å²) >= 11 is 0. The van der Waals surface area contributed by atoms with Gasteiger partial charge in [0, 0.05) is 12.2 Å². The lowest BCUT2D eigenvalue weighted by Crippen LogP contribution is -2.36. The molecule has 0 aliphatic carbocycles. The topological polar surface area (TPSA) is 140 Å². The van der Waals surface area contributed by atoms with Gasteiger partial charge in [-0.05, 0) is 22.4 Å². The lowest BCUT2D eigenvalue weighted by molar-refractivity contribution is -0.138. The molecule has 90 valence electrons. The predicted octanol–water partition coefficient (Wildman–Crippen LogP) is -0.371. The molecule has 2 aromatic rings. The van der Waals surface area contributed by atoms with Gasteiger partial charge in [0.05, 0.1) is 5.69 Å². The van der Waals surface area contributed by atoms with Gasteiger partial charge in [-0.15, -0.1) is 0 Å². The molecule has 0 unspecified atom stereocenters. The second kappa shape index (κ2) is 4.26. The molecule has 17 heavy (non-hydrogen) atoms. The van der Waals surface area contributed by atoms with E-state index in [0.29, 0.717) is 22.4 Å². The zero-order valence-electron chi connectivity index (χ0n) is 8.75.